The molecule has 0 unspecified atom stereocenters. The summed E-state index contributed by atoms with van der Waals surface area (Å²) in [5.74, 6) is -0.341. The van der Waals surface area contributed by atoms with E-state index in [4.69, 9.17) is 9.52 Å². The zero-order valence-corrected chi connectivity index (χ0v) is 9.68. The molecule has 17 heavy (non-hydrogen) atoms. The lowest BCUT2D eigenvalue weighted by Gasteiger charge is -2.05. The molecule has 0 fully saturated rings. The summed E-state index contributed by atoms with van der Waals surface area (Å²) in [6.07, 6.45) is 1.15. The van der Waals surface area contributed by atoms with E-state index in [1.807, 2.05) is 24.3 Å². The van der Waals surface area contributed by atoms with E-state index in [0.717, 1.165) is 12.0 Å². The molecule has 0 saturated heterocycles. The summed E-state index contributed by atoms with van der Waals surface area (Å²) in [6.45, 7) is 4.21. The third-order valence-electron chi connectivity index (χ3n) is 2.61. The van der Waals surface area contributed by atoms with Gasteiger partial charge in [0, 0.05) is 5.56 Å². The Hall–Kier alpha value is -2.10. The van der Waals surface area contributed by atoms with Crippen LogP contribution in [0.3, 0.4) is 0 Å². The molecule has 0 aliphatic heterocycles. The molecule has 0 aliphatic carbocycles. The molecule has 2 aromatic rings. The van der Waals surface area contributed by atoms with E-state index in [9.17, 15) is 4.79 Å². The second-order valence-corrected chi connectivity index (χ2v) is 4.11. The van der Waals surface area contributed by atoms with Crippen molar-refractivity contribution in [1.29, 1.82) is 0 Å². The minimum absolute atomic E-state index is 0.0534. The molecule has 0 radical (unpaired) electrons. The summed E-state index contributed by atoms with van der Waals surface area (Å²) in [6, 6.07) is 7.63. The average Bonchev–Trinajstić information content (AvgIpc) is 2.78. The van der Waals surface area contributed by atoms with E-state index in [-0.39, 0.29) is 5.69 Å². The predicted molar refractivity (Wildman–Crippen MR) is 63.0 cm³/mol. The van der Waals surface area contributed by atoms with E-state index in [0.29, 0.717) is 11.7 Å². The van der Waals surface area contributed by atoms with Gasteiger partial charge in [0.15, 0.2) is 17.8 Å². The van der Waals surface area contributed by atoms with Gasteiger partial charge < -0.3 is 9.52 Å². The number of carbonyl (C=O) groups is 1. The normalized spacial score (nSPS) is 10.8. The van der Waals surface area contributed by atoms with E-state index < -0.39 is 5.97 Å². The molecule has 1 N–H and O–H groups in total. The minimum Gasteiger partial charge on any atom is -0.476 e. The monoisotopic (exact) mass is 231 g/mol. The van der Waals surface area contributed by atoms with Gasteiger partial charge in [-0.2, -0.15) is 0 Å². The smallest absolute Gasteiger partial charge is 0.358 e. The van der Waals surface area contributed by atoms with Crippen LogP contribution in [-0.4, -0.2) is 16.1 Å². The van der Waals surface area contributed by atoms with Crippen LogP contribution in [0, 0.1) is 0 Å². The second-order valence-electron chi connectivity index (χ2n) is 4.11. The number of hydrogen-bond donors (Lipinski definition) is 1. The SMILES string of the molecule is CC(C)c1ccc(-c2ocnc2C(=O)O)cc1. The molecular weight excluding hydrogens is 218 g/mol. The highest BCUT2D eigenvalue weighted by Crippen LogP contribution is 2.25. The van der Waals surface area contributed by atoms with Crippen molar-refractivity contribution in [2.45, 2.75) is 19.8 Å². The first-order valence-electron chi connectivity index (χ1n) is 5.36. The lowest BCUT2D eigenvalue weighted by molar-refractivity contribution is 0.0691. The lowest BCUT2D eigenvalue weighted by atomic mass is 10.0. The Morgan fingerprint density at radius 2 is 1.94 bits per heavy atom. The minimum atomic E-state index is -1.08. The molecule has 0 saturated carbocycles. The van der Waals surface area contributed by atoms with E-state index in [1.165, 1.54) is 5.56 Å². The molecule has 1 heterocycles. The van der Waals surface area contributed by atoms with Crippen LogP contribution in [0.15, 0.2) is 35.1 Å². The standard InChI is InChI=1S/C13H13NO3/c1-8(2)9-3-5-10(6-4-9)12-11(13(15)16)14-7-17-12/h3-8H,1-2H3,(H,15,16). The van der Waals surface area contributed by atoms with Gasteiger partial charge in [-0.05, 0) is 11.5 Å². The quantitative estimate of drug-likeness (QED) is 0.881. The van der Waals surface area contributed by atoms with Gasteiger partial charge >= 0.3 is 5.97 Å². The maximum Gasteiger partial charge on any atom is 0.358 e. The molecule has 4 heteroatoms. The first-order valence-corrected chi connectivity index (χ1v) is 5.36. The number of rotatable bonds is 3. The van der Waals surface area contributed by atoms with Crippen molar-refractivity contribution >= 4 is 5.97 Å². The molecule has 4 nitrogen and oxygen atoms in total. The fourth-order valence-corrected chi connectivity index (χ4v) is 1.62. The molecule has 88 valence electrons. The molecule has 0 amide bonds. The van der Waals surface area contributed by atoms with Gasteiger partial charge in [0.2, 0.25) is 0 Å². The van der Waals surface area contributed by atoms with Gasteiger partial charge in [0.1, 0.15) is 0 Å². The van der Waals surface area contributed by atoms with E-state index in [2.05, 4.69) is 18.8 Å². The second kappa shape index (κ2) is 4.41. The molecule has 0 bridgehead atoms. The largest absolute Gasteiger partial charge is 0.476 e. The third kappa shape index (κ3) is 2.20. The first kappa shape index (κ1) is 11.4. The highest BCUT2D eigenvalue weighted by atomic mass is 16.4. The van der Waals surface area contributed by atoms with Crippen molar-refractivity contribution in [2.24, 2.45) is 0 Å². The van der Waals surface area contributed by atoms with Crippen LogP contribution >= 0.6 is 0 Å². The third-order valence-corrected chi connectivity index (χ3v) is 2.61. The van der Waals surface area contributed by atoms with Gasteiger partial charge in [-0.15, -0.1) is 0 Å². The van der Waals surface area contributed by atoms with Crippen LogP contribution in [0.5, 0.6) is 0 Å². The van der Waals surface area contributed by atoms with Gasteiger partial charge in [0.05, 0.1) is 0 Å². The molecule has 2 rings (SSSR count). The summed E-state index contributed by atoms with van der Waals surface area (Å²) in [7, 11) is 0. The van der Waals surface area contributed by atoms with E-state index >= 15 is 0 Å². The fraction of sp³-hybridized carbons (Fsp3) is 0.231. The summed E-state index contributed by atoms with van der Waals surface area (Å²) in [5, 5.41) is 8.94. The average molecular weight is 231 g/mol. The number of hydrogen-bond acceptors (Lipinski definition) is 3. The number of carboxylic acid groups (broad SMARTS) is 1. The number of benzene rings is 1. The Kier molecular flexibility index (Phi) is 2.95. The zero-order valence-electron chi connectivity index (χ0n) is 9.68. The Labute approximate surface area is 98.9 Å². The van der Waals surface area contributed by atoms with Crippen LogP contribution in [0.25, 0.3) is 11.3 Å². The summed E-state index contributed by atoms with van der Waals surface area (Å²) in [4.78, 5) is 14.6. The number of oxazole rings is 1. The van der Waals surface area contributed by atoms with Crippen LogP contribution in [0.2, 0.25) is 0 Å². The van der Waals surface area contributed by atoms with Crippen molar-refractivity contribution in [3.63, 3.8) is 0 Å². The highest BCUT2D eigenvalue weighted by Gasteiger charge is 2.16. The van der Waals surface area contributed by atoms with Crippen molar-refractivity contribution in [3.05, 3.63) is 41.9 Å². The Bertz CT molecular complexity index is 526. The van der Waals surface area contributed by atoms with Crippen LogP contribution in [0.4, 0.5) is 0 Å². The van der Waals surface area contributed by atoms with Crippen molar-refractivity contribution in [1.82, 2.24) is 4.98 Å². The Balaban J connectivity index is 2.40. The molecule has 0 spiro atoms. The van der Waals surface area contributed by atoms with Crippen molar-refractivity contribution < 1.29 is 14.3 Å². The highest BCUT2D eigenvalue weighted by molar-refractivity contribution is 5.92. The summed E-state index contributed by atoms with van der Waals surface area (Å²) >= 11 is 0. The maximum absolute atomic E-state index is 10.9. The van der Waals surface area contributed by atoms with Crippen molar-refractivity contribution in [3.8, 4) is 11.3 Å². The number of nitrogens with zero attached hydrogens (tertiary/aromatic N) is 1. The topological polar surface area (TPSA) is 63.3 Å². The van der Waals surface area contributed by atoms with Crippen LogP contribution < -0.4 is 0 Å². The Morgan fingerprint density at radius 3 is 2.47 bits per heavy atom. The first-order chi connectivity index (χ1) is 8.09. The summed E-state index contributed by atoms with van der Waals surface area (Å²) in [5.41, 5.74) is 1.87. The Morgan fingerprint density at radius 1 is 1.29 bits per heavy atom. The fourth-order valence-electron chi connectivity index (χ4n) is 1.62. The number of aromatic nitrogens is 1. The molecule has 0 atom stereocenters. The van der Waals surface area contributed by atoms with E-state index in [1.54, 1.807) is 0 Å². The van der Waals surface area contributed by atoms with Gasteiger partial charge in [-0.3, -0.25) is 0 Å². The lowest BCUT2D eigenvalue weighted by Crippen LogP contribution is -1.98. The number of aromatic carboxylic acids is 1. The molecule has 1 aromatic carbocycles. The molecular formula is C13H13NO3. The van der Waals surface area contributed by atoms with Crippen molar-refractivity contribution in [2.75, 3.05) is 0 Å². The predicted octanol–water partition coefficient (Wildman–Crippen LogP) is 3.16. The molecule has 0 aliphatic rings. The van der Waals surface area contributed by atoms with Crippen LogP contribution in [0.1, 0.15) is 35.8 Å². The zero-order chi connectivity index (χ0) is 12.4. The maximum atomic E-state index is 10.9. The van der Waals surface area contributed by atoms with Gasteiger partial charge in [0.25, 0.3) is 0 Å². The molecule has 1 aromatic heterocycles. The van der Waals surface area contributed by atoms with Crippen LogP contribution in [-0.2, 0) is 0 Å². The number of carboxylic acids is 1. The summed E-state index contributed by atoms with van der Waals surface area (Å²) < 4.78 is 5.12. The van der Waals surface area contributed by atoms with Gasteiger partial charge in [-0.1, -0.05) is 38.1 Å². The van der Waals surface area contributed by atoms with Gasteiger partial charge in [-0.25, -0.2) is 9.78 Å².